The standard InChI is InChI=1S/C13H16FN.ClH/c14-13-4-2-1-3-11(13)9-10-5-7-12(15)8-6-10;/h1-4,9,12H,5-8,15H2;1H. The SMILES string of the molecule is Cl.NC1CCC(=Cc2ccccc2F)CC1. The molecule has 1 aromatic carbocycles. The van der Waals surface area contributed by atoms with Gasteiger partial charge in [-0.15, -0.1) is 12.4 Å². The number of rotatable bonds is 1. The molecule has 0 bridgehead atoms. The summed E-state index contributed by atoms with van der Waals surface area (Å²) in [6, 6.07) is 7.23. The van der Waals surface area contributed by atoms with Crippen LogP contribution in [0.15, 0.2) is 29.8 Å². The molecular weight excluding hydrogens is 225 g/mol. The normalized spacial score (nSPS) is 20.1. The molecule has 2 N–H and O–H groups in total. The third-order valence-corrected chi connectivity index (χ3v) is 2.94. The minimum atomic E-state index is -0.139. The van der Waals surface area contributed by atoms with Crippen molar-refractivity contribution in [2.24, 2.45) is 5.73 Å². The maximum atomic E-state index is 13.4. The fourth-order valence-electron chi connectivity index (χ4n) is 1.97. The van der Waals surface area contributed by atoms with Crippen molar-refractivity contribution < 1.29 is 4.39 Å². The Hall–Kier alpha value is -0.860. The van der Waals surface area contributed by atoms with Crippen molar-refractivity contribution in [1.29, 1.82) is 0 Å². The van der Waals surface area contributed by atoms with Crippen molar-refractivity contribution >= 4 is 18.5 Å². The summed E-state index contributed by atoms with van der Waals surface area (Å²) in [5.74, 6) is -0.139. The molecule has 1 saturated carbocycles. The van der Waals surface area contributed by atoms with Gasteiger partial charge in [-0.2, -0.15) is 0 Å². The molecular formula is C13H17ClFN. The number of hydrogen-bond acceptors (Lipinski definition) is 1. The topological polar surface area (TPSA) is 26.0 Å². The first-order chi connectivity index (χ1) is 7.25. The summed E-state index contributed by atoms with van der Waals surface area (Å²) in [7, 11) is 0. The van der Waals surface area contributed by atoms with Crippen LogP contribution >= 0.6 is 12.4 Å². The molecule has 0 unspecified atom stereocenters. The molecule has 0 aromatic heterocycles. The Morgan fingerprint density at radius 3 is 2.44 bits per heavy atom. The average molecular weight is 242 g/mol. The summed E-state index contributed by atoms with van der Waals surface area (Å²) in [6.45, 7) is 0. The quantitative estimate of drug-likeness (QED) is 0.800. The van der Waals surface area contributed by atoms with Crippen molar-refractivity contribution in [2.75, 3.05) is 0 Å². The van der Waals surface area contributed by atoms with Crippen molar-refractivity contribution in [3.05, 3.63) is 41.2 Å². The van der Waals surface area contributed by atoms with E-state index < -0.39 is 0 Å². The lowest BCUT2D eigenvalue weighted by Crippen LogP contribution is -2.23. The molecule has 0 spiro atoms. The van der Waals surface area contributed by atoms with Gasteiger partial charge in [0.1, 0.15) is 5.82 Å². The van der Waals surface area contributed by atoms with Crippen molar-refractivity contribution in [3.8, 4) is 0 Å². The second-order valence-corrected chi connectivity index (χ2v) is 4.16. The predicted octanol–water partition coefficient (Wildman–Crippen LogP) is 3.53. The Labute approximate surface area is 102 Å². The molecule has 1 aliphatic rings. The molecule has 0 saturated heterocycles. The molecule has 0 amide bonds. The first-order valence-electron chi connectivity index (χ1n) is 5.45. The van der Waals surface area contributed by atoms with Crippen LogP contribution < -0.4 is 5.73 Å². The van der Waals surface area contributed by atoms with Gasteiger partial charge in [0.15, 0.2) is 0 Å². The number of benzene rings is 1. The van der Waals surface area contributed by atoms with Crippen LogP contribution in [0.25, 0.3) is 6.08 Å². The van der Waals surface area contributed by atoms with Gasteiger partial charge in [0.25, 0.3) is 0 Å². The monoisotopic (exact) mass is 241 g/mol. The maximum Gasteiger partial charge on any atom is 0.130 e. The van der Waals surface area contributed by atoms with Gasteiger partial charge in [-0.25, -0.2) is 4.39 Å². The van der Waals surface area contributed by atoms with Crippen LogP contribution in [0.4, 0.5) is 4.39 Å². The lowest BCUT2D eigenvalue weighted by Gasteiger charge is -2.20. The Kier molecular flexibility index (Phi) is 4.97. The van der Waals surface area contributed by atoms with Crippen LogP contribution in [-0.2, 0) is 0 Å². The van der Waals surface area contributed by atoms with Gasteiger partial charge in [0.05, 0.1) is 0 Å². The van der Waals surface area contributed by atoms with Crippen molar-refractivity contribution in [3.63, 3.8) is 0 Å². The molecule has 2 rings (SSSR count). The van der Waals surface area contributed by atoms with Crippen LogP contribution in [0.2, 0.25) is 0 Å². The smallest absolute Gasteiger partial charge is 0.130 e. The van der Waals surface area contributed by atoms with E-state index in [2.05, 4.69) is 0 Å². The summed E-state index contributed by atoms with van der Waals surface area (Å²) < 4.78 is 13.4. The Morgan fingerprint density at radius 1 is 1.19 bits per heavy atom. The lowest BCUT2D eigenvalue weighted by molar-refractivity contribution is 0.514. The fourth-order valence-corrected chi connectivity index (χ4v) is 1.97. The zero-order valence-electron chi connectivity index (χ0n) is 9.16. The van der Waals surface area contributed by atoms with Gasteiger partial charge in [-0.1, -0.05) is 29.8 Å². The van der Waals surface area contributed by atoms with Gasteiger partial charge in [-0.3, -0.25) is 0 Å². The molecule has 16 heavy (non-hydrogen) atoms. The third-order valence-electron chi connectivity index (χ3n) is 2.94. The summed E-state index contributed by atoms with van der Waals surface area (Å²) in [5, 5.41) is 0. The summed E-state index contributed by atoms with van der Waals surface area (Å²) in [5.41, 5.74) is 7.84. The minimum Gasteiger partial charge on any atom is -0.328 e. The van der Waals surface area contributed by atoms with Gasteiger partial charge < -0.3 is 5.73 Å². The Bertz CT molecular complexity index is 366. The van der Waals surface area contributed by atoms with Gasteiger partial charge in [0, 0.05) is 11.6 Å². The number of hydrogen-bond donors (Lipinski definition) is 1. The molecule has 1 nitrogen and oxygen atoms in total. The highest BCUT2D eigenvalue weighted by molar-refractivity contribution is 5.85. The molecule has 1 aliphatic carbocycles. The van der Waals surface area contributed by atoms with Crippen LogP contribution in [0, 0.1) is 5.82 Å². The minimum absolute atomic E-state index is 0. The molecule has 0 atom stereocenters. The van der Waals surface area contributed by atoms with E-state index >= 15 is 0 Å². The molecule has 0 radical (unpaired) electrons. The zero-order valence-corrected chi connectivity index (χ0v) is 9.97. The first kappa shape index (κ1) is 13.2. The van der Waals surface area contributed by atoms with Gasteiger partial charge in [-0.05, 0) is 31.7 Å². The van der Waals surface area contributed by atoms with E-state index in [1.807, 2.05) is 18.2 Å². The van der Waals surface area contributed by atoms with Crippen LogP contribution in [0.5, 0.6) is 0 Å². The predicted molar refractivity (Wildman–Crippen MR) is 68.1 cm³/mol. The second kappa shape index (κ2) is 6.02. The van der Waals surface area contributed by atoms with Gasteiger partial charge >= 0.3 is 0 Å². The van der Waals surface area contributed by atoms with Crippen LogP contribution in [0.1, 0.15) is 31.2 Å². The van der Waals surface area contributed by atoms with E-state index in [0.29, 0.717) is 11.6 Å². The van der Waals surface area contributed by atoms with E-state index in [4.69, 9.17) is 5.73 Å². The van der Waals surface area contributed by atoms with Gasteiger partial charge in [0.2, 0.25) is 0 Å². The van der Waals surface area contributed by atoms with E-state index in [9.17, 15) is 4.39 Å². The molecule has 1 aromatic rings. The zero-order chi connectivity index (χ0) is 10.7. The second-order valence-electron chi connectivity index (χ2n) is 4.16. The third kappa shape index (κ3) is 3.32. The highest BCUT2D eigenvalue weighted by Gasteiger charge is 2.12. The van der Waals surface area contributed by atoms with E-state index in [-0.39, 0.29) is 18.2 Å². The summed E-state index contributed by atoms with van der Waals surface area (Å²) in [4.78, 5) is 0. The average Bonchev–Trinajstić information content (AvgIpc) is 2.25. The molecule has 0 aliphatic heterocycles. The molecule has 88 valence electrons. The number of nitrogens with two attached hydrogens (primary N) is 1. The van der Waals surface area contributed by atoms with E-state index in [1.165, 1.54) is 11.6 Å². The van der Waals surface area contributed by atoms with Crippen LogP contribution in [0.3, 0.4) is 0 Å². The number of halogens is 2. The summed E-state index contributed by atoms with van der Waals surface area (Å²) in [6.07, 6.45) is 6.05. The summed E-state index contributed by atoms with van der Waals surface area (Å²) >= 11 is 0. The Morgan fingerprint density at radius 2 is 1.81 bits per heavy atom. The van der Waals surface area contributed by atoms with E-state index in [0.717, 1.165) is 25.7 Å². The highest BCUT2D eigenvalue weighted by atomic mass is 35.5. The highest BCUT2D eigenvalue weighted by Crippen LogP contribution is 2.25. The van der Waals surface area contributed by atoms with Crippen LogP contribution in [-0.4, -0.2) is 6.04 Å². The van der Waals surface area contributed by atoms with Crippen molar-refractivity contribution in [2.45, 2.75) is 31.7 Å². The molecule has 3 heteroatoms. The van der Waals surface area contributed by atoms with Crippen molar-refractivity contribution in [1.82, 2.24) is 0 Å². The largest absolute Gasteiger partial charge is 0.328 e. The molecule has 1 fully saturated rings. The maximum absolute atomic E-state index is 13.4. The first-order valence-corrected chi connectivity index (χ1v) is 5.45. The molecule has 0 heterocycles. The van der Waals surface area contributed by atoms with E-state index in [1.54, 1.807) is 6.07 Å². The number of allylic oxidation sites excluding steroid dienone is 1. The lowest BCUT2D eigenvalue weighted by atomic mass is 9.90. The Balaban J connectivity index is 0.00000128. The fraction of sp³-hybridized carbons (Fsp3) is 0.385.